The predicted molar refractivity (Wildman–Crippen MR) is 61.8 cm³/mol. The summed E-state index contributed by atoms with van der Waals surface area (Å²) in [6.07, 6.45) is 4.53. The van der Waals surface area contributed by atoms with Crippen LogP contribution in [-0.2, 0) is 0 Å². The average molecular weight is 288 g/mol. The molecule has 0 unspecified atom stereocenters. The number of pyridine rings is 1. The second kappa shape index (κ2) is 4.37. The van der Waals surface area contributed by atoms with Gasteiger partial charge in [-0.1, -0.05) is 6.07 Å². The average Bonchev–Trinajstić information content (AvgIpc) is 2.20. The van der Waals surface area contributed by atoms with Crippen molar-refractivity contribution in [3.63, 3.8) is 0 Å². The molecule has 1 N–H and O–H groups in total. The molecule has 2 rings (SSSR count). The molecule has 3 heteroatoms. The summed E-state index contributed by atoms with van der Waals surface area (Å²) in [6.45, 7) is 2.30. The largest absolute Gasteiger partial charge is 0.317 e. The predicted octanol–water partition coefficient (Wildman–Crippen LogP) is 2.15. The zero-order valence-corrected chi connectivity index (χ0v) is 9.62. The zero-order valence-electron chi connectivity index (χ0n) is 7.46. The number of aromatic nitrogens is 1. The minimum absolute atomic E-state index is 0.728. The van der Waals surface area contributed by atoms with Gasteiger partial charge in [-0.05, 0) is 66.1 Å². The zero-order chi connectivity index (χ0) is 9.10. The van der Waals surface area contributed by atoms with E-state index in [1.54, 1.807) is 0 Å². The summed E-state index contributed by atoms with van der Waals surface area (Å²) >= 11 is 2.24. The monoisotopic (exact) mass is 288 g/mol. The summed E-state index contributed by atoms with van der Waals surface area (Å²) in [5, 5.41) is 3.37. The van der Waals surface area contributed by atoms with Crippen LogP contribution in [0.4, 0.5) is 0 Å². The van der Waals surface area contributed by atoms with Crippen molar-refractivity contribution in [3.8, 4) is 0 Å². The molecule has 0 amide bonds. The van der Waals surface area contributed by atoms with Gasteiger partial charge in [0.05, 0.1) is 0 Å². The summed E-state index contributed by atoms with van der Waals surface area (Å²) in [5.74, 6) is 0.728. The van der Waals surface area contributed by atoms with Gasteiger partial charge in [-0.2, -0.15) is 0 Å². The molecule has 2 heterocycles. The van der Waals surface area contributed by atoms with Crippen LogP contribution in [0.5, 0.6) is 0 Å². The summed E-state index contributed by atoms with van der Waals surface area (Å²) in [7, 11) is 0. The van der Waals surface area contributed by atoms with Crippen LogP contribution in [0.15, 0.2) is 18.3 Å². The molecular formula is C10H13IN2. The quantitative estimate of drug-likeness (QED) is 0.632. The number of hydrogen-bond donors (Lipinski definition) is 1. The highest BCUT2D eigenvalue weighted by atomic mass is 127. The second-order valence-electron chi connectivity index (χ2n) is 3.44. The fourth-order valence-corrected chi connectivity index (χ4v) is 2.10. The van der Waals surface area contributed by atoms with Gasteiger partial charge in [0, 0.05) is 6.20 Å². The fraction of sp³-hybridized carbons (Fsp3) is 0.500. The first-order valence-corrected chi connectivity index (χ1v) is 5.76. The Morgan fingerprint density at radius 1 is 1.31 bits per heavy atom. The minimum atomic E-state index is 0.728. The maximum atomic E-state index is 4.32. The van der Waals surface area contributed by atoms with E-state index < -0.39 is 0 Å². The molecule has 0 bridgehead atoms. The molecule has 1 aromatic heterocycles. The molecule has 70 valence electrons. The van der Waals surface area contributed by atoms with E-state index >= 15 is 0 Å². The normalized spacial score (nSPS) is 18.8. The first-order chi connectivity index (χ1) is 6.36. The number of piperidine rings is 1. The van der Waals surface area contributed by atoms with Crippen LogP contribution in [0.3, 0.4) is 0 Å². The molecule has 1 aliphatic rings. The van der Waals surface area contributed by atoms with E-state index in [0.29, 0.717) is 0 Å². The van der Waals surface area contributed by atoms with Crippen molar-refractivity contribution in [3.05, 3.63) is 27.6 Å². The lowest BCUT2D eigenvalue weighted by molar-refractivity contribution is 0.459. The van der Waals surface area contributed by atoms with Gasteiger partial charge in [0.15, 0.2) is 0 Å². The minimum Gasteiger partial charge on any atom is -0.317 e. The van der Waals surface area contributed by atoms with Crippen molar-refractivity contribution in [1.82, 2.24) is 10.3 Å². The van der Waals surface area contributed by atoms with Crippen molar-refractivity contribution in [2.45, 2.75) is 18.8 Å². The second-order valence-corrected chi connectivity index (χ2v) is 4.54. The number of rotatable bonds is 1. The van der Waals surface area contributed by atoms with Gasteiger partial charge in [0.25, 0.3) is 0 Å². The molecule has 0 spiro atoms. The topological polar surface area (TPSA) is 24.9 Å². The maximum absolute atomic E-state index is 4.32. The molecule has 1 fully saturated rings. The van der Waals surface area contributed by atoms with Gasteiger partial charge in [-0.3, -0.25) is 4.98 Å². The van der Waals surface area contributed by atoms with Crippen LogP contribution in [0, 0.1) is 3.70 Å². The van der Waals surface area contributed by atoms with Crippen LogP contribution in [0.1, 0.15) is 24.3 Å². The van der Waals surface area contributed by atoms with Gasteiger partial charge >= 0.3 is 0 Å². The Morgan fingerprint density at radius 3 is 2.69 bits per heavy atom. The van der Waals surface area contributed by atoms with Gasteiger partial charge in [-0.15, -0.1) is 0 Å². The maximum Gasteiger partial charge on any atom is 0.101 e. The third-order valence-electron chi connectivity index (χ3n) is 2.56. The highest BCUT2D eigenvalue weighted by Gasteiger charge is 2.14. The van der Waals surface area contributed by atoms with Gasteiger partial charge < -0.3 is 5.32 Å². The summed E-state index contributed by atoms with van der Waals surface area (Å²) in [6, 6.07) is 4.31. The molecule has 0 aliphatic carbocycles. The molecule has 2 nitrogen and oxygen atoms in total. The van der Waals surface area contributed by atoms with Crippen molar-refractivity contribution in [2.75, 3.05) is 13.1 Å². The van der Waals surface area contributed by atoms with E-state index in [1.807, 2.05) is 6.20 Å². The van der Waals surface area contributed by atoms with Crippen molar-refractivity contribution in [2.24, 2.45) is 0 Å². The first kappa shape index (κ1) is 9.40. The Balaban J connectivity index is 2.10. The smallest absolute Gasteiger partial charge is 0.101 e. The highest BCUT2D eigenvalue weighted by Crippen LogP contribution is 2.24. The lowest BCUT2D eigenvalue weighted by Gasteiger charge is -2.22. The lowest BCUT2D eigenvalue weighted by atomic mass is 9.91. The van der Waals surface area contributed by atoms with Crippen LogP contribution >= 0.6 is 22.6 Å². The van der Waals surface area contributed by atoms with Crippen molar-refractivity contribution >= 4 is 22.6 Å². The molecule has 0 saturated carbocycles. The third-order valence-corrected chi connectivity index (χ3v) is 3.20. The van der Waals surface area contributed by atoms with Gasteiger partial charge in [0.1, 0.15) is 3.70 Å². The Hall–Kier alpha value is -0.160. The summed E-state index contributed by atoms with van der Waals surface area (Å²) in [5.41, 5.74) is 1.40. The molecule has 0 atom stereocenters. The highest BCUT2D eigenvalue weighted by molar-refractivity contribution is 14.1. The number of halogens is 1. The Labute approximate surface area is 92.3 Å². The van der Waals surface area contributed by atoms with Crippen LogP contribution in [0.25, 0.3) is 0 Å². The fourth-order valence-electron chi connectivity index (χ4n) is 1.78. The number of nitrogens with zero attached hydrogens (tertiary/aromatic N) is 1. The van der Waals surface area contributed by atoms with Gasteiger partial charge in [-0.25, -0.2) is 0 Å². The van der Waals surface area contributed by atoms with E-state index in [0.717, 1.165) is 22.7 Å². The van der Waals surface area contributed by atoms with E-state index in [1.165, 1.54) is 18.4 Å². The van der Waals surface area contributed by atoms with E-state index in [4.69, 9.17) is 0 Å². The van der Waals surface area contributed by atoms with Crippen LogP contribution < -0.4 is 5.32 Å². The molecule has 0 radical (unpaired) electrons. The van der Waals surface area contributed by atoms with Crippen LogP contribution in [0.2, 0.25) is 0 Å². The van der Waals surface area contributed by atoms with E-state index in [9.17, 15) is 0 Å². The van der Waals surface area contributed by atoms with Crippen molar-refractivity contribution in [1.29, 1.82) is 0 Å². The molecule has 1 saturated heterocycles. The van der Waals surface area contributed by atoms with Crippen LogP contribution in [-0.4, -0.2) is 18.1 Å². The number of nitrogens with one attached hydrogen (secondary N) is 1. The number of hydrogen-bond acceptors (Lipinski definition) is 2. The summed E-state index contributed by atoms with van der Waals surface area (Å²) in [4.78, 5) is 4.32. The van der Waals surface area contributed by atoms with E-state index in [-0.39, 0.29) is 0 Å². The molecular weight excluding hydrogens is 275 g/mol. The molecule has 0 aromatic carbocycles. The standard InChI is InChI=1S/C10H13IN2/c11-10-2-1-9(7-13-10)8-3-5-12-6-4-8/h1-2,7-8,12H,3-6H2. The SMILES string of the molecule is Ic1ccc(C2CCNCC2)cn1. The van der Waals surface area contributed by atoms with Crippen molar-refractivity contribution < 1.29 is 0 Å². The Bertz CT molecular complexity index is 265. The Morgan fingerprint density at radius 2 is 2.08 bits per heavy atom. The molecule has 13 heavy (non-hydrogen) atoms. The summed E-state index contributed by atoms with van der Waals surface area (Å²) < 4.78 is 1.08. The van der Waals surface area contributed by atoms with Gasteiger partial charge in [0.2, 0.25) is 0 Å². The Kier molecular flexibility index (Phi) is 3.16. The molecule has 1 aliphatic heterocycles. The lowest BCUT2D eigenvalue weighted by Crippen LogP contribution is -2.26. The first-order valence-electron chi connectivity index (χ1n) is 4.68. The third kappa shape index (κ3) is 2.40. The van der Waals surface area contributed by atoms with E-state index in [2.05, 4.69) is 45.0 Å². The molecule has 1 aromatic rings.